The first-order chi connectivity index (χ1) is 8.98. The van der Waals surface area contributed by atoms with Crippen molar-refractivity contribution >= 4 is 0 Å². The molecule has 1 aliphatic rings. The van der Waals surface area contributed by atoms with E-state index in [2.05, 4.69) is 50.9 Å². The van der Waals surface area contributed by atoms with Gasteiger partial charge in [0.15, 0.2) is 0 Å². The molecule has 0 radical (unpaired) electrons. The monoisotopic (exact) mass is 262 g/mol. The minimum Gasteiger partial charge on any atom is -0.488 e. The molecule has 2 atom stereocenters. The molecule has 1 heterocycles. The maximum Gasteiger partial charge on any atom is 0.123 e. The van der Waals surface area contributed by atoms with E-state index in [4.69, 9.17) is 10.5 Å². The van der Waals surface area contributed by atoms with E-state index in [1.54, 1.807) is 0 Å². The second kappa shape index (κ2) is 5.51. The smallest absolute Gasteiger partial charge is 0.123 e. The van der Waals surface area contributed by atoms with Gasteiger partial charge in [-0.15, -0.1) is 0 Å². The Bertz CT molecular complexity index is 440. The Morgan fingerprint density at radius 3 is 2.84 bits per heavy atom. The molecule has 0 bridgehead atoms. The lowest BCUT2D eigenvalue weighted by atomic mass is 9.96. The van der Waals surface area contributed by atoms with Crippen LogP contribution in [-0.2, 0) is 6.42 Å². The average molecular weight is 262 g/mol. The molecule has 0 saturated carbocycles. The van der Waals surface area contributed by atoms with Crippen LogP contribution in [0, 0.1) is 6.92 Å². The average Bonchev–Trinajstić information content (AvgIpc) is 2.78. The number of aryl methyl sites for hydroxylation is 1. The highest BCUT2D eigenvalue weighted by atomic mass is 16.5. The highest BCUT2D eigenvalue weighted by molar-refractivity contribution is 5.40. The Balaban J connectivity index is 2.00. The summed E-state index contributed by atoms with van der Waals surface area (Å²) >= 11 is 0. The topological polar surface area (TPSA) is 38.5 Å². The van der Waals surface area contributed by atoms with Gasteiger partial charge in [0.05, 0.1) is 0 Å². The number of ether oxygens (including phenoxy) is 1. The van der Waals surface area contributed by atoms with Crippen LogP contribution in [0.5, 0.6) is 5.75 Å². The Morgan fingerprint density at radius 1 is 1.47 bits per heavy atom. The minimum atomic E-state index is 0.0635. The molecule has 2 rings (SSSR count). The molecule has 0 saturated heterocycles. The number of nitrogens with two attached hydrogens (primary N) is 1. The van der Waals surface area contributed by atoms with E-state index in [-0.39, 0.29) is 11.6 Å². The molecule has 0 spiro atoms. The summed E-state index contributed by atoms with van der Waals surface area (Å²) in [5.41, 5.74) is 8.62. The van der Waals surface area contributed by atoms with Gasteiger partial charge in [0, 0.05) is 25.0 Å². The number of hydrogen-bond donors (Lipinski definition) is 1. The van der Waals surface area contributed by atoms with E-state index in [1.807, 2.05) is 0 Å². The summed E-state index contributed by atoms with van der Waals surface area (Å²) in [6, 6.07) is 6.44. The van der Waals surface area contributed by atoms with Gasteiger partial charge in [0.25, 0.3) is 0 Å². The molecule has 1 aromatic carbocycles. The summed E-state index contributed by atoms with van der Waals surface area (Å²) < 4.78 is 6.03. The molecule has 19 heavy (non-hydrogen) atoms. The lowest BCUT2D eigenvalue weighted by molar-refractivity contribution is 0.0855. The molecule has 2 N–H and O–H groups in total. The first kappa shape index (κ1) is 14.4. The van der Waals surface area contributed by atoms with Crippen LogP contribution in [0.2, 0.25) is 0 Å². The third-order valence-corrected chi connectivity index (χ3v) is 4.56. The summed E-state index contributed by atoms with van der Waals surface area (Å²) in [7, 11) is 2.15. The van der Waals surface area contributed by atoms with Crippen molar-refractivity contribution in [1.82, 2.24) is 4.90 Å². The summed E-state index contributed by atoms with van der Waals surface area (Å²) in [5.74, 6) is 1.05. The van der Waals surface area contributed by atoms with E-state index in [0.717, 1.165) is 25.1 Å². The summed E-state index contributed by atoms with van der Waals surface area (Å²) in [6.45, 7) is 8.15. The second-order valence-electron chi connectivity index (χ2n) is 5.99. The van der Waals surface area contributed by atoms with Crippen molar-refractivity contribution in [2.45, 2.75) is 45.3 Å². The quantitative estimate of drug-likeness (QED) is 0.885. The van der Waals surface area contributed by atoms with Crippen molar-refractivity contribution in [2.75, 3.05) is 20.1 Å². The number of benzene rings is 1. The Labute approximate surface area is 116 Å². The zero-order chi connectivity index (χ0) is 14.0. The summed E-state index contributed by atoms with van der Waals surface area (Å²) in [4.78, 5) is 2.34. The van der Waals surface area contributed by atoms with Gasteiger partial charge >= 0.3 is 0 Å². The van der Waals surface area contributed by atoms with Crippen LogP contribution in [0.3, 0.4) is 0 Å². The van der Waals surface area contributed by atoms with Crippen molar-refractivity contribution < 1.29 is 4.74 Å². The molecule has 3 nitrogen and oxygen atoms in total. The molecule has 3 heteroatoms. The molecular weight excluding hydrogens is 236 g/mol. The highest BCUT2D eigenvalue weighted by Gasteiger charge is 2.30. The van der Waals surface area contributed by atoms with Crippen molar-refractivity contribution in [3.8, 4) is 5.75 Å². The Kier molecular flexibility index (Phi) is 4.16. The number of hydrogen-bond acceptors (Lipinski definition) is 3. The summed E-state index contributed by atoms with van der Waals surface area (Å²) in [5, 5.41) is 0. The predicted molar refractivity (Wildman–Crippen MR) is 79.7 cm³/mol. The van der Waals surface area contributed by atoms with E-state index >= 15 is 0 Å². The maximum atomic E-state index is 6.03. The molecule has 0 aliphatic carbocycles. The molecule has 0 fully saturated rings. The van der Waals surface area contributed by atoms with Gasteiger partial charge < -0.3 is 10.5 Å². The van der Waals surface area contributed by atoms with Gasteiger partial charge in [0.1, 0.15) is 11.9 Å². The first-order valence-electron chi connectivity index (χ1n) is 7.16. The van der Waals surface area contributed by atoms with Crippen LogP contribution < -0.4 is 10.5 Å². The van der Waals surface area contributed by atoms with Crippen molar-refractivity contribution in [1.29, 1.82) is 0 Å². The van der Waals surface area contributed by atoms with E-state index in [9.17, 15) is 0 Å². The number of rotatable bonds is 5. The van der Waals surface area contributed by atoms with E-state index < -0.39 is 0 Å². The lowest BCUT2D eigenvalue weighted by Crippen LogP contribution is -2.52. The molecule has 106 valence electrons. The first-order valence-corrected chi connectivity index (χ1v) is 7.16. The van der Waals surface area contributed by atoms with Crippen LogP contribution in [-0.4, -0.2) is 36.7 Å². The third-order valence-electron chi connectivity index (χ3n) is 4.56. The van der Waals surface area contributed by atoms with Crippen molar-refractivity contribution in [2.24, 2.45) is 5.73 Å². The molecule has 1 aliphatic heterocycles. The molecule has 0 amide bonds. The van der Waals surface area contributed by atoms with Gasteiger partial charge in [-0.05, 0) is 38.9 Å². The molecular formula is C16H26N2O. The standard InChI is InChI=1S/C16H26N2O/c1-5-16(3,11-17)18(4)10-14-9-13-8-12(2)6-7-15(13)19-14/h6-8,14H,5,9-11,17H2,1-4H3. The van der Waals surface area contributed by atoms with E-state index in [1.165, 1.54) is 11.1 Å². The zero-order valence-electron chi connectivity index (χ0n) is 12.6. The minimum absolute atomic E-state index is 0.0635. The number of likely N-dealkylation sites (N-methyl/N-ethyl adjacent to an activating group) is 1. The molecule has 0 aromatic heterocycles. The largest absolute Gasteiger partial charge is 0.488 e. The van der Waals surface area contributed by atoms with Gasteiger partial charge in [-0.25, -0.2) is 0 Å². The fraction of sp³-hybridized carbons (Fsp3) is 0.625. The normalized spacial score (nSPS) is 21.1. The zero-order valence-corrected chi connectivity index (χ0v) is 12.6. The lowest BCUT2D eigenvalue weighted by Gasteiger charge is -2.38. The van der Waals surface area contributed by atoms with Gasteiger partial charge in [-0.1, -0.05) is 24.6 Å². The predicted octanol–water partition coefficient (Wildman–Crippen LogP) is 2.36. The fourth-order valence-electron chi connectivity index (χ4n) is 2.65. The highest BCUT2D eigenvalue weighted by Crippen LogP contribution is 2.30. The van der Waals surface area contributed by atoms with Crippen LogP contribution in [0.15, 0.2) is 18.2 Å². The Hall–Kier alpha value is -1.06. The van der Waals surface area contributed by atoms with Crippen LogP contribution in [0.1, 0.15) is 31.4 Å². The molecule has 2 unspecified atom stereocenters. The van der Waals surface area contributed by atoms with Crippen molar-refractivity contribution in [3.63, 3.8) is 0 Å². The summed E-state index contributed by atoms with van der Waals surface area (Å²) in [6.07, 6.45) is 2.31. The van der Waals surface area contributed by atoms with Crippen LogP contribution in [0.4, 0.5) is 0 Å². The fourth-order valence-corrected chi connectivity index (χ4v) is 2.65. The number of nitrogens with zero attached hydrogens (tertiary/aromatic N) is 1. The maximum absolute atomic E-state index is 6.03. The SMILES string of the molecule is CCC(C)(CN)N(C)CC1Cc2cc(C)ccc2O1. The third kappa shape index (κ3) is 2.93. The van der Waals surface area contributed by atoms with Gasteiger partial charge in [0.2, 0.25) is 0 Å². The number of fused-ring (bicyclic) bond motifs is 1. The van der Waals surface area contributed by atoms with E-state index in [0.29, 0.717) is 6.54 Å². The van der Waals surface area contributed by atoms with Gasteiger partial charge in [-0.2, -0.15) is 0 Å². The molecule has 1 aromatic rings. The van der Waals surface area contributed by atoms with Crippen LogP contribution in [0.25, 0.3) is 0 Å². The Morgan fingerprint density at radius 2 is 2.21 bits per heavy atom. The van der Waals surface area contributed by atoms with Crippen molar-refractivity contribution in [3.05, 3.63) is 29.3 Å². The van der Waals surface area contributed by atoms with Gasteiger partial charge in [-0.3, -0.25) is 4.90 Å². The second-order valence-corrected chi connectivity index (χ2v) is 5.99. The van der Waals surface area contributed by atoms with Crippen LogP contribution >= 0.6 is 0 Å².